The average Bonchev–Trinajstić information content (AvgIpc) is 2.11. The minimum absolute atomic E-state index is 0.364. The van der Waals surface area contributed by atoms with Gasteiger partial charge in [-0.05, 0) is 61.7 Å². The Morgan fingerprint density at radius 3 is 2.00 bits per heavy atom. The van der Waals surface area contributed by atoms with Crippen LogP contribution in [0.4, 0.5) is 0 Å². The summed E-state index contributed by atoms with van der Waals surface area (Å²) >= 11 is 0. The van der Waals surface area contributed by atoms with Crippen LogP contribution < -0.4 is 5.09 Å². The maximum atomic E-state index is 11.4. The van der Waals surface area contributed by atoms with Gasteiger partial charge in [0.2, 0.25) is 0 Å². The smallest absolute Gasteiger partial charge is 0.264 e. The Bertz CT molecular complexity index is 301. The molecule has 4 saturated carbocycles. The van der Waals surface area contributed by atoms with Crippen molar-refractivity contribution in [3.63, 3.8) is 0 Å². The molecule has 4 heteroatoms. The maximum Gasteiger partial charge on any atom is 0.264 e. The van der Waals surface area contributed by atoms with E-state index < -0.39 is 7.52 Å². The fourth-order valence-electron chi connectivity index (χ4n) is 4.82. The van der Waals surface area contributed by atoms with Crippen molar-refractivity contribution >= 4 is 7.52 Å². The second kappa shape index (κ2) is 3.57. The van der Waals surface area contributed by atoms with Gasteiger partial charge in [-0.15, -0.1) is 0 Å². The summed E-state index contributed by atoms with van der Waals surface area (Å²) in [6, 6.07) is 0. The highest BCUT2D eigenvalue weighted by Crippen LogP contribution is 2.60. The summed E-state index contributed by atoms with van der Waals surface area (Å²) in [7, 11) is -3.04. The first-order chi connectivity index (χ1) is 7.44. The van der Waals surface area contributed by atoms with E-state index in [1.165, 1.54) is 45.2 Å². The molecule has 2 N–H and O–H groups in total. The third kappa shape index (κ3) is 2.10. The number of rotatable bonds is 3. The molecule has 0 spiro atoms. The quantitative estimate of drug-likeness (QED) is 0.749. The molecule has 92 valence electrons. The van der Waals surface area contributed by atoms with Crippen LogP contribution in [0.15, 0.2) is 0 Å². The summed E-state index contributed by atoms with van der Waals surface area (Å²) in [5.74, 6) is 2.76. The highest BCUT2D eigenvalue weighted by molar-refractivity contribution is 7.54. The number of hydrogen-bond acceptors (Lipinski definition) is 1. The third-order valence-corrected chi connectivity index (χ3v) is 5.66. The molecule has 0 aliphatic heterocycles. The van der Waals surface area contributed by atoms with Crippen molar-refractivity contribution in [1.82, 2.24) is 5.09 Å². The molecule has 4 rings (SSSR count). The van der Waals surface area contributed by atoms with Gasteiger partial charge in [-0.2, -0.15) is 0 Å². The van der Waals surface area contributed by atoms with E-state index >= 15 is 0 Å². The van der Waals surface area contributed by atoms with Crippen LogP contribution in [0, 0.1) is 23.2 Å². The molecule has 4 aliphatic rings. The SMILES string of the molecule is CP(=O)(O)NCC12CC3CC(CC(C3)C1)C2. The molecule has 4 bridgehead atoms. The van der Waals surface area contributed by atoms with Crippen molar-refractivity contribution in [2.45, 2.75) is 38.5 Å². The Hall–Kier alpha value is 0.150. The van der Waals surface area contributed by atoms with Gasteiger partial charge in [-0.3, -0.25) is 4.57 Å². The van der Waals surface area contributed by atoms with Gasteiger partial charge in [-0.25, -0.2) is 5.09 Å². The fraction of sp³-hybridized carbons (Fsp3) is 1.00. The Kier molecular flexibility index (Phi) is 2.51. The largest absolute Gasteiger partial charge is 0.333 e. The molecule has 1 atom stereocenters. The average molecular weight is 243 g/mol. The van der Waals surface area contributed by atoms with Gasteiger partial charge in [0.25, 0.3) is 7.52 Å². The second-order valence-electron chi connectivity index (χ2n) is 6.63. The summed E-state index contributed by atoms with van der Waals surface area (Å²) < 4.78 is 11.4. The molecule has 0 aromatic rings. The Labute approximate surface area is 97.5 Å². The molecule has 4 aliphatic carbocycles. The molecule has 0 aromatic heterocycles. The van der Waals surface area contributed by atoms with Gasteiger partial charge in [0.05, 0.1) is 0 Å². The Balaban J connectivity index is 1.71. The van der Waals surface area contributed by atoms with E-state index in [1.807, 2.05) is 0 Å². The first-order valence-electron chi connectivity index (χ1n) is 6.50. The summed E-state index contributed by atoms with van der Waals surface area (Å²) in [5.41, 5.74) is 0.364. The van der Waals surface area contributed by atoms with Crippen LogP contribution in [0.5, 0.6) is 0 Å². The van der Waals surface area contributed by atoms with E-state index in [2.05, 4.69) is 5.09 Å². The van der Waals surface area contributed by atoms with Crippen LogP contribution in [0.3, 0.4) is 0 Å². The predicted molar refractivity (Wildman–Crippen MR) is 64.4 cm³/mol. The monoisotopic (exact) mass is 243 g/mol. The van der Waals surface area contributed by atoms with Crippen molar-refractivity contribution in [2.24, 2.45) is 23.2 Å². The molecule has 0 radical (unpaired) electrons. The van der Waals surface area contributed by atoms with Crippen LogP contribution in [-0.4, -0.2) is 18.1 Å². The zero-order valence-electron chi connectivity index (χ0n) is 9.98. The van der Waals surface area contributed by atoms with E-state index in [1.54, 1.807) is 0 Å². The summed E-state index contributed by atoms with van der Waals surface area (Å²) in [4.78, 5) is 9.36. The Morgan fingerprint density at radius 1 is 1.19 bits per heavy atom. The highest BCUT2D eigenvalue weighted by Gasteiger charge is 2.50. The molecule has 0 heterocycles. The predicted octanol–water partition coefficient (Wildman–Crippen LogP) is 2.61. The number of nitrogens with one attached hydrogen (secondary N) is 1. The van der Waals surface area contributed by atoms with Gasteiger partial charge < -0.3 is 4.89 Å². The van der Waals surface area contributed by atoms with Gasteiger partial charge in [0.1, 0.15) is 0 Å². The summed E-state index contributed by atoms with van der Waals surface area (Å²) in [6.45, 7) is 2.17. The van der Waals surface area contributed by atoms with Crippen molar-refractivity contribution in [1.29, 1.82) is 0 Å². The van der Waals surface area contributed by atoms with Crippen molar-refractivity contribution in [3.8, 4) is 0 Å². The molecular weight excluding hydrogens is 221 g/mol. The van der Waals surface area contributed by atoms with E-state index in [0.29, 0.717) is 5.41 Å². The number of hydrogen-bond donors (Lipinski definition) is 2. The zero-order chi connectivity index (χ0) is 11.4. The lowest BCUT2D eigenvalue weighted by Crippen LogP contribution is -2.49. The molecule has 3 nitrogen and oxygen atoms in total. The molecule has 0 saturated heterocycles. The second-order valence-corrected chi connectivity index (χ2v) is 8.71. The molecule has 0 aromatic carbocycles. The van der Waals surface area contributed by atoms with Crippen LogP contribution in [-0.2, 0) is 4.57 Å². The molecule has 16 heavy (non-hydrogen) atoms. The lowest BCUT2D eigenvalue weighted by Gasteiger charge is -2.57. The Morgan fingerprint density at radius 2 is 1.62 bits per heavy atom. The third-order valence-electron chi connectivity index (χ3n) is 4.91. The normalized spacial score (nSPS) is 49.2. The molecule has 0 amide bonds. The van der Waals surface area contributed by atoms with E-state index in [-0.39, 0.29) is 0 Å². The minimum atomic E-state index is -3.04. The van der Waals surface area contributed by atoms with Crippen LogP contribution in [0.1, 0.15) is 38.5 Å². The van der Waals surface area contributed by atoms with Crippen molar-refractivity contribution in [3.05, 3.63) is 0 Å². The van der Waals surface area contributed by atoms with E-state index in [0.717, 1.165) is 24.3 Å². The van der Waals surface area contributed by atoms with E-state index in [4.69, 9.17) is 0 Å². The topological polar surface area (TPSA) is 49.3 Å². The molecule has 1 unspecified atom stereocenters. The van der Waals surface area contributed by atoms with Gasteiger partial charge in [0, 0.05) is 13.2 Å². The first kappa shape index (κ1) is 11.3. The lowest BCUT2D eigenvalue weighted by molar-refractivity contribution is -0.0490. The summed E-state index contributed by atoms with van der Waals surface area (Å²) in [5, 5.41) is 2.89. The highest BCUT2D eigenvalue weighted by atomic mass is 31.2. The zero-order valence-corrected chi connectivity index (χ0v) is 10.9. The van der Waals surface area contributed by atoms with Crippen LogP contribution in [0.2, 0.25) is 0 Å². The van der Waals surface area contributed by atoms with Crippen LogP contribution >= 0.6 is 7.52 Å². The standard InChI is InChI=1S/C12H22NO2P/c1-16(14,15)13-8-12-5-9-2-10(6-12)4-11(3-9)7-12/h9-11H,2-8H2,1H3,(H2,13,14,15). The van der Waals surface area contributed by atoms with Gasteiger partial charge in [-0.1, -0.05) is 0 Å². The maximum absolute atomic E-state index is 11.4. The first-order valence-corrected chi connectivity index (χ1v) is 8.60. The molecule has 4 fully saturated rings. The van der Waals surface area contributed by atoms with Crippen LogP contribution in [0.25, 0.3) is 0 Å². The van der Waals surface area contributed by atoms with Crippen molar-refractivity contribution < 1.29 is 9.46 Å². The molecular formula is C12H22NO2P. The lowest BCUT2D eigenvalue weighted by atomic mass is 9.50. The summed E-state index contributed by atoms with van der Waals surface area (Å²) in [6.07, 6.45) is 8.19. The van der Waals surface area contributed by atoms with E-state index in [9.17, 15) is 9.46 Å². The fourth-order valence-corrected chi connectivity index (χ4v) is 5.45. The minimum Gasteiger partial charge on any atom is -0.333 e. The van der Waals surface area contributed by atoms with Gasteiger partial charge >= 0.3 is 0 Å². The van der Waals surface area contributed by atoms with Crippen molar-refractivity contribution in [2.75, 3.05) is 13.2 Å². The van der Waals surface area contributed by atoms with Gasteiger partial charge in [0.15, 0.2) is 0 Å².